The molecule has 0 aliphatic heterocycles. The molecule has 1 rings (SSSR count). The highest BCUT2D eigenvalue weighted by Gasteiger charge is 1.99. The Balaban J connectivity index is 2.40. The van der Waals surface area contributed by atoms with Crippen molar-refractivity contribution in [3.8, 4) is 0 Å². The van der Waals surface area contributed by atoms with Gasteiger partial charge in [-0.1, -0.05) is 12.1 Å². The Hall–Kier alpha value is -1.00. The van der Waals surface area contributed by atoms with E-state index in [0.717, 1.165) is 11.3 Å². The molecule has 4 heteroatoms. The Labute approximate surface area is 94.4 Å². The number of thioether (sulfide) groups is 1. The molecule has 0 spiro atoms. The van der Waals surface area contributed by atoms with E-state index in [1.165, 1.54) is 4.90 Å². The quantitative estimate of drug-likeness (QED) is 0.743. The lowest BCUT2D eigenvalue weighted by molar-refractivity contribution is -0.120. The predicted molar refractivity (Wildman–Crippen MR) is 63.7 cm³/mol. The second-order valence-corrected chi connectivity index (χ2v) is 4.29. The smallest absolute Gasteiger partial charge is 0.220 e. The van der Waals surface area contributed by atoms with E-state index in [2.05, 4.69) is 11.4 Å². The number of nitrogens with one attached hydrogen (secondary N) is 1. The zero-order chi connectivity index (χ0) is 11.1. The van der Waals surface area contributed by atoms with Gasteiger partial charge in [0.15, 0.2) is 0 Å². The molecule has 0 fully saturated rings. The summed E-state index contributed by atoms with van der Waals surface area (Å²) in [7, 11) is 1.65. The van der Waals surface area contributed by atoms with E-state index in [0.29, 0.717) is 13.0 Å². The highest BCUT2D eigenvalue weighted by Crippen LogP contribution is 2.19. The van der Waals surface area contributed by atoms with E-state index in [9.17, 15) is 4.79 Å². The van der Waals surface area contributed by atoms with Crippen molar-refractivity contribution in [1.82, 2.24) is 5.32 Å². The zero-order valence-electron chi connectivity index (χ0n) is 8.82. The van der Waals surface area contributed by atoms with Crippen LogP contribution in [-0.4, -0.2) is 18.7 Å². The van der Waals surface area contributed by atoms with Crippen LogP contribution in [0.25, 0.3) is 0 Å². The first-order chi connectivity index (χ1) is 7.26. The first kappa shape index (κ1) is 12.1. The molecule has 0 saturated carbocycles. The average molecular weight is 224 g/mol. The Morgan fingerprint density at radius 1 is 1.53 bits per heavy atom. The summed E-state index contributed by atoms with van der Waals surface area (Å²) in [6, 6.07) is 8.09. The van der Waals surface area contributed by atoms with Crippen LogP contribution in [0.1, 0.15) is 12.0 Å². The first-order valence-corrected chi connectivity index (χ1v) is 5.87. The molecule has 0 radical (unpaired) electrons. The van der Waals surface area contributed by atoms with Gasteiger partial charge in [0.05, 0.1) is 0 Å². The fourth-order valence-corrected chi connectivity index (χ4v) is 2.08. The monoisotopic (exact) mass is 224 g/mol. The van der Waals surface area contributed by atoms with Crippen LogP contribution >= 0.6 is 11.8 Å². The number of hydrogen-bond donors (Lipinski definition) is 2. The number of nitrogens with two attached hydrogens (primary N) is 1. The summed E-state index contributed by atoms with van der Waals surface area (Å²) in [5.74, 6) is 0.880. The van der Waals surface area contributed by atoms with E-state index in [1.54, 1.807) is 18.8 Å². The van der Waals surface area contributed by atoms with Crippen LogP contribution in [0.5, 0.6) is 0 Å². The van der Waals surface area contributed by atoms with Gasteiger partial charge in [0.1, 0.15) is 0 Å². The van der Waals surface area contributed by atoms with Crippen LogP contribution in [0.2, 0.25) is 0 Å². The van der Waals surface area contributed by atoms with Gasteiger partial charge in [-0.15, -0.1) is 11.8 Å². The minimum atomic E-state index is 0.0810. The van der Waals surface area contributed by atoms with Crippen LogP contribution in [0, 0.1) is 0 Å². The fraction of sp³-hybridized carbons (Fsp3) is 0.364. The zero-order valence-corrected chi connectivity index (χ0v) is 9.64. The second kappa shape index (κ2) is 6.48. The second-order valence-electron chi connectivity index (χ2n) is 3.12. The number of carbonyl (C=O) groups excluding carboxylic acids is 1. The van der Waals surface area contributed by atoms with Crippen LogP contribution < -0.4 is 11.1 Å². The lowest BCUT2D eigenvalue weighted by Gasteiger charge is -2.03. The van der Waals surface area contributed by atoms with Crippen molar-refractivity contribution < 1.29 is 4.79 Å². The van der Waals surface area contributed by atoms with E-state index < -0.39 is 0 Å². The van der Waals surface area contributed by atoms with Gasteiger partial charge >= 0.3 is 0 Å². The molecule has 82 valence electrons. The molecule has 15 heavy (non-hydrogen) atoms. The van der Waals surface area contributed by atoms with Crippen molar-refractivity contribution in [3.05, 3.63) is 29.8 Å². The topological polar surface area (TPSA) is 55.1 Å². The van der Waals surface area contributed by atoms with Crippen molar-refractivity contribution in [2.75, 3.05) is 12.8 Å². The Morgan fingerprint density at radius 3 is 3.00 bits per heavy atom. The Morgan fingerprint density at radius 2 is 2.33 bits per heavy atom. The highest BCUT2D eigenvalue weighted by molar-refractivity contribution is 7.99. The van der Waals surface area contributed by atoms with Gasteiger partial charge in [0.25, 0.3) is 0 Å². The highest BCUT2D eigenvalue weighted by atomic mass is 32.2. The summed E-state index contributed by atoms with van der Waals surface area (Å²) in [6.45, 7) is 0.559. The number of amides is 1. The van der Waals surface area contributed by atoms with Crippen molar-refractivity contribution in [2.45, 2.75) is 17.9 Å². The van der Waals surface area contributed by atoms with Crippen molar-refractivity contribution >= 4 is 17.7 Å². The molecule has 0 saturated heterocycles. The van der Waals surface area contributed by atoms with Gasteiger partial charge in [0, 0.05) is 30.7 Å². The first-order valence-electron chi connectivity index (χ1n) is 4.88. The van der Waals surface area contributed by atoms with Gasteiger partial charge < -0.3 is 11.1 Å². The van der Waals surface area contributed by atoms with Crippen LogP contribution in [0.4, 0.5) is 0 Å². The molecule has 0 heterocycles. The predicted octanol–water partition coefficient (Wildman–Crippen LogP) is 1.37. The Bertz CT molecular complexity index is 328. The van der Waals surface area contributed by atoms with Gasteiger partial charge in [-0.2, -0.15) is 0 Å². The maximum Gasteiger partial charge on any atom is 0.220 e. The van der Waals surface area contributed by atoms with Crippen LogP contribution in [0.15, 0.2) is 29.2 Å². The molecule has 1 amide bonds. The molecule has 1 aromatic carbocycles. The summed E-state index contributed by atoms with van der Waals surface area (Å²) < 4.78 is 0. The minimum Gasteiger partial charge on any atom is -0.359 e. The number of benzene rings is 1. The third-order valence-electron chi connectivity index (χ3n) is 2.01. The molecule has 0 aromatic heterocycles. The normalized spacial score (nSPS) is 10.0. The molecule has 3 N–H and O–H groups in total. The third kappa shape index (κ3) is 4.36. The van der Waals surface area contributed by atoms with E-state index in [-0.39, 0.29) is 5.91 Å². The summed E-state index contributed by atoms with van der Waals surface area (Å²) in [4.78, 5) is 12.1. The van der Waals surface area contributed by atoms with Gasteiger partial charge in [-0.3, -0.25) is 4.79 Å². The molecular weight excluding hydrogens is 208 g/mol. The van der Waals surface area contributed by atoms with Gasteiger partial charge in [-0.05, 0) is 17.7 Å². The summed E-state index contributed by atoms with van der Waals surface area (Å²) in [5, 5.41) is 2.60. The van der Waals surface area contributed by atoms with Crippen LogP contribution in [0.3, 0.4) is 0 Å². The molecule has 0 atom stereocenters. The Kier molecular flexibility index (Phi) is 5.21. The number of carbonyl (C=O) groups is 1. The van der Waals surface area contributed by atoms with Gasteiger partial charge in [0.2, 0.25) is 5.91 Å². The van der Waals surface area contributed by atoms with Crippen molar-refractivity contribution in [1.29, 1.82) is 0 Å². The summed E-state index contributed by atoms with van der Waals surface area (Å²) in [5.41, 5.74) is 6.67. The lowest BCUT2D eigenvalue weighted by atomic mass is 10.2. The summed E-state index contributed by atoms with van der Waals surface area (Å²) in [6.07, 6.45) is 0.550. The average Bonchev–Trinajstić information content (AvgIpc) is 2.29. The van der Waals surface area contributed by atoms with E-state index >= 15 is 0 Å². The fourth-order valence-electron chi connectivity index (χ4n) is 1.15. The van der Waals surface area contributed by atoms with E-state index in [4.69, 9.17) is 5.73 Å². The molecule has 0 aliphatic carbocycles. The van der Waals surface area contributed by atoms with Gasteiger partial charge in [-0.25, -0.2) is 0 Å². The molecular formula is C11H16N2OS. The maximum atomic E-state index is 11.0. The van der Waals surface area contributed by atoms with Crippen molar-refractivity contribution in [2.24, 2.45) is 5.73 Å². The molecule has 0 bridgehead atoms. The SMILES string of the molecule is CNC(=O)CCSc1cccc(CN)c1. The van der Waals surface area contributed by atoms with E-state index in [1.807, 2.05) is 18.2 Å². The maximum absolute atomic E-state index is 11.0. The molecule has 0 aliphatic rings. The largest absolute Gasteiger partial charge is 0.359 e. The third-order valence-corrected chi connectivity index (χ3v) is 3.01. The van der Waals surface area contributed by atoms with Crippen molar-refractivity contribution in [3.63, 3.8) is 0 Å². The minimum absolute atomic E-state index is 0.0810. The molecule has 3 nitrogen and oxygen atoms in total. The van der Waals surface area contributed by atoms with Crippen LogP contribution in [-0.2, 0) is 11.3 Å². The number of rotatable bonds is 5. The molecule has 1 aromatic rings. The summed E-state index contributed by atoms with van der Waals surface area (Å²) >= 11 is 1.68. The molecule has 0 unspecified atom stereocenters. The standard InChI is InChI=1S/C11H16N2OS/c1-13-11(14)5-6-15-10-4-2-3-9(7-10)8-12/h2-4,7H,5-6,8,12H2,1H3,(H,13,14). The number of hydrogen-bond acceptors (Lipinski definition) is 3. The lowest BCUT2D eigenvalue weighted by Crippen LogP contribution is -2.17.